The Kier molecular flexibility index (Phi) is 4.18. The van der Waals surface area contributed by atoms with Gasteiger partial charge in [-0.05, 0) is 50.6 Å². The monoisotopic (exact) mass is 319 g/mol. The van der Waals surface area contributed by atoms with E-state index in [0.29, 0.717) is 12.5 Å². The molecule has 0 aromatic rings. The predicted octanol–water partition coefficient (Wildman–Crippen LogP) is 0.984. The number of aldehydes is 1. The van der Waals surface area contributed by atoms with E-state index in [-0.39, 0.29) is 11.3 Å². The quantitative estimate of drug-likeness (QED) is 0.725. The van der Waals surface area contributed by atoms with Gasteiger partial charge >= 0.3 is 0 Å². The minimum Gasteiger partial charge on any atom is -0.340 e. The summed E-state index contributed by atoms with van der Waals surface area (Å²) >= 11 is 0. The van der Waals surface area contributed by atoms with Crippen LogP contribution in [0.5, 0.6) is 0 Å². The van der Waals surface area contributed by atoms with Gasteiger partial charge in [0, 0.05) is 38.1 Å². The first-order valence-corrected chi connectivity index (χ1v) is 9.41. The lowest BCUT2D eigenvalue weighted by Crippen LogP contribution is -2.54. The van der Waals surface area contributed by atoms with Gasteiger partial charge in [-0.2, -0.15) is 0 Å². The highest BCUT2D eigenvalue weighted by Crippen LogP contribution is 2.60. The van der Waals surface area contributed by atoms with E-state index >= 15 is 0 Å². The summed E-state index contributed by atoms with van der Waals surface area (Å²) in [5.74, 6) is 0.693. The molecule has 2 aliphatic heterocycles. The standard InChI is InChI=1S/C18H29N3O2/c22-13-12-19-6-4-18(5-7-19)14-16(18)17(23)21-10-8-20(9-11-21)15-2-1-3-15/h13,15-16H,1-12,14H2. The van der Waals surface area contributed by atoms with Crippen LogP contribution in [0.4, 0.5) is 0 Å². The Balaban J connectivity index is 1.26. The maximum Gasteiger partial charge on any atom is 0.226 e. The summed E-state index contributed by atoms with van der Waals surface area (Å²) in [4.78, 5) is 30.4. The lowest BCUT2D eigenvalue weighted by atomic mass is 9.90. The van der Waals surface area contributed by atoms with E-state index in [9.17, 15) is 9.59 Å². The molecule has 4 fully saturated rings. The van der Waals surface area contributed by atoms with Gasteiger partial charge in [-0.1, -0.05) is 6.42 Å². The SMILES string of the molecule is O=CCN1CCC2(CC1)CC2C(=O)N1CCN(C2CCC2)CC1. The third kappa shape index (κ3) is 2.93. The Hall–Kier alpha value is -0.940. The van der Waals surface area contributed by atoms with Crippen molar-refractivity contribution in [1.82, 2.24) is 14.7 Å². The molecular formula is C18H29N3O2. The molecule has 1 unspecified atom stereocenters. The number of carbonyl (C=O) groups is 2. The Labute approximate surface area is 139 Å². The molecule has 0 aromatic carbocycles. The molecule has 0 N–H and O–H groups in total. The fraction of sp³-hybridized carbons (Fsp3) is 0.889. The number of hydrogen-bond donors (Lipinski definition) is 0. The van der Waals surface area contributed by atoms with Gasteiger partial charge in [0.25, 0.3) is 0 Å². The van der Waals surface area contributed by atoms with Crippen molar-refractivity contribution in [3.05, 3.63) is 0 Å². The molecule has 0 bridgehead atoms. The molecule has 128 valence electrons. The third-order valence-electron chi connectivity index (χ3n) is 6.89. The number of nitrogens with zero attached hydrogens (tertiary/aromatic N) is 3. The average Bonchev–Trinajstić information content (AvgIpc) is 3.22. The number of carbonyl (C=O) groups excluding carboxylic acids is 2. The molecule has 0 aromatic heterocycles. The van der Waals surface area contributed by atoms with Gasteiger partial charge in [0.15, 0.2) is 0 Å². The van der Waals surface area contributed by atoms with Crippen LogP contribution >= 0.6 is 0 Å². The molecule has 2 saturated heterocycles. The molecule has 2 saturated carbocycles. The van der Waals surface area contributed by atoms with Crippen LogP contribution in [0.1, 0.15) is 38.5 Å². The Morgan fingerprint density at radius 1 is 1.04 bits per heavy atom. The van der Waals surface area contributed by atoms with Crippen LogP contribution in [0, 0.1) is 11.3 Å². The second-order valence-corrected chi connectivity index (χ2v) is 8.03. The molecule has 2 heterocycles. The number of likely N-dealkylation sites (tertiary alicyclic amines) is 1. The lowest BCUT2D eigenvalue weighted by molar-refractivity contribution is -0.136. The number of piperazine rings is 1. The van der Waals surface area contributed by atoms with Crippen molar-refractivity contribution in [2.75, 3.05) is 45.8 Å². The smallest absolute Gasteiger partial charge is 0.226 e. The first-order chi connectivity index (χ1) is 11.2. The highest BCUT2D eigenvalue weighted by molar-refractivity contribution is 5.83. The van der Waals surface area contributed by atoms with E-state index in [0.717, 1.165) is 70.9 Å². The predicted molar refractivity (Wildman–Crippen MR) is 88.1 cm³/mol. The average molecular weight is 319 g/mol. The summed E-state index contributed by atoms with van der Waals surface area (Å²) in [6.07, 6.45) is 8.38. The van der Waals surface area contributed by atoms with Crippen molar-refractivity contribution in [2.45, 2.75) is 44.6 Å². The van der Waals surface area contributed by atoms with Crippen molar-refractivity contribution in [2.24, 2.45) is 11.3 Å². The van der Waals surface area contributed by atoms with Crippen molar-refractivity contribution >= 4 is 12.2 Å². The molecule has 23 heavy (non-hydrogen) atoms. The molecule has 2 aliphatic carbocycles. The maximum absolute atomic E-state index is 12.8. The number of rotatable bonds is 4. The summed E-state index contributed by atoms with van der Waals surface area (Å²) < 4.78 is 0. The second kappa shape index (κ2) is 6.17. The molecule has 1 atom stereocenters. The van der Waals surface area contributed by atoms with E-state index in [1.165, 1.54) is 19.3 Å². The maximum atomic E-state index is 12.8. The fourth-order valence-corrected chi connectivity index (χ4v) is 4.82. The minimum absolute atomic E-state index is 0.274. The van der Waals surface area contributed by atoms with Gasteiger partial charge in [-0.3, -0.25) is 14.6 Å². The third-order valence-corrected chi connectivity index (χ3v) is 6.89. The zero-order valence-corrected chi connectivity index (χ0v) is 14.1. The van der Waals surface area contributed by atoms with Crippen molar-refractivity contribution < 1.29 is 9.59 Å². The first-order valence-electron chi connectivity index (χ1n) is 9.41. The summed E-state index contributed by atoms with van der Waals surface area (Å²) in [7, 11) is 0. The Morgan fingerprint density at radius 2 is 1.74 bits per heavy atom. The topological polar surface area (TPSA) is 43.9 Å². The second-order valence-electron chi connectivity index (χ2n) is 8.03. The number of piperidine rings is 1. The van der Waals surface area contributed by atoms with Crippen LogP contribution < -0.4 is 0 Å². The van der Waals surface area contributed by atoms with Crippen molar-refractivity contribution in [3.63, 3.8) is 0 Å². The molecule has 1 amide bonds. The highest BCUT2D eigenvalue weighted by Gasteiger charge is 2.59. The van der Waals surface area contributed by atoms with Gasteiger partial charge in [0.05, 0.1) is 6.54 Å². The van der Waals surface area contributed by atoms with Crippen LogP contribution in [-0.2, 0) is 9.59 Å². The fourth-order valence-electron chi connectivity index (χ4n) is 4.82. The van der Waals surface area contributed by atoms with E-state index in [1.54, 1.807) is 0 Å². The Bertz CT molecular complexity index is 461. The number of hydrogen-bond acceptors (Lipinski definition) is 4. The molecular weight excluding hydrogens is 290 g/mol. The van der Waals surface area contributed by atoms with E-state index in [2.05, 4.69) is 14.7 Å². The molecule has 5 heteroatoms. The minimum atomic E-state index is 0.274. The summed E-state index contributed by atoms with van der Waals surface area (Å²) in [5, 5.41) is 0. The lowest BCUT2D eigenvalue weighted by Gasteiger charge is -2.43. The molecule has 1 spiro atoms. The van der Waals surface area contributed by atoms with Crippen LogP contribution in [0.2, 0.25) is 0 Å². The van der Waals surface area contributed by atoms with Gasteiger partial charge in [-0.25, -0.2) is 0 Å². The van der Waals surface area contributed by atoms with Gasteiger partial charge in [-0.15, -0.1) is 0 Å². The molecule has 4 rings (SSSR count). The van der Waals surface area contributed by atoms with Gasteiger partial charge < -0.3 is 9.69 Å². The van der Waals surface area contributed by atoms with Crippen LogP contribution in [0.3, 0.4) is 0 Å². The van der Waals surface area contributed by atoms with Crippen molar-refractivity contribution in [1.29, 1.82) is 0 Å². The van der Waals surface area contributed by atoms with E-state index in [4.69, 9.17) is 0 Å². The molecule has 0 radical (unpaired) electrons. The normalized spacial score (nSPS) is 31.8. The van der Waals surface area contributed by atoms with Crippen LogP contribution in [-0.4, -0.2) is 78.7 Å². The van der Waals surface area contributed by atoms with Crippen LogP contribution in [0.25, 0.3) is 0 Å². The van der Waals surface area contributed by atoms with Crippen molar-refractivity contribution in [3.8, 4) is 0 Å². The van der Waals surface area contributed by atoms with E-state index < -0.39 is 0 Å². The Morgan fingerprint density at radius 3 is 2.30 bits per heavy atom. The summed E-state index contributed by atoms with van der Waals surface area (Å²) in [6, 6.07) is 0.807. The largest absolute Gasteiger partial charge is 0.340 e. The molecule has 5 nitrogen and oxygen atoms in total. The zero-order valence-electron chi connectivity index (χ0n) is 14.1. The van der Waals surface area contributed by atoms with Crippen LogP contribution in [0.15, 0.2) is 0 Å². The number of amides is 1. The zero-order chi connectivity index (χ0) is 15.9. The van der Waals surface area contributed by atoms with Gasteiger partial charge in [0.2, 0.25) is 5.91 Å². The summed E-state index contributed by atoms with van der Waals surface area (Å²) in [5.41, 5.74) is 0.279. The van der Waals surface area contributed by atoms with E-state index in [1.807, 2.05) is 0 Å². The first kappa shape index (κ1) is 15.6. The molecule has 4 aliphatic rings. The highest BCUT2D eigenvalue weighted by atomic mass is 16.2. The van der Waals surface area contributed by atoms with Gasteiger partial charge in [0.1, 0.15) is 6.29 Å². The summed E-state index contributed by atoms with van der Waals surface area (Å²) in [6.45, 7) is 6.53.